The summed E-state index contributed by atoms with van der Waals surface area (Å²) in [5.74, 6) is 2.43. The van der Waals surface area contributed by atoms with Crippen molar-refractivity contribution >= 4 is 52.5 Å². The number of rotatable bonds is 7. The Morgan fingerprint density at radius 3 is 2.65 bits per heavy atom. The molecular formula is C24H23Cl2N5O2S. The second-order valence-corrected chi connectivity index (χ2v) is 10.6. The standard InChI is InChI=1S/C24H23Cl2N5O2S/c1-13-7-15(25)9-18(23(32)28-16-4-5-16)21(13)29-24(33)20-10-17(8-14-11-34-12-14)30-31(20)22-19(26)3-2-6-27-22/h2-3,6-7,9-10,14,16H,4-5,8,11-12H2,1H3,(H,28,32)(H,29,33). The van der Waals surface area contributed by atoms with Crippen molar-refractivity contribution in [1.82, 2.24) is 20.1 Å². The van der Waals surface area contributed by atoms with Gasteiger partial charge in [0.1, 0.15) is 5.69 Å². The van der Waals surface area contributed by atoms with E-state index in [9.17, 15) is 9.59 Å². The number of carbonyl (C=O) groups is 2. The Hall–Kier alpha value is -2.55. The Morgan fingerprint density at radius 2 is 1.97 bits per heavy atom. The van der Waals surface area contributed by atoms with Crippen LogP contribution in [0.3, 0.4) is 0 Å². The summed E-state index contributed by atoms with van der Waals surface area (Å²) >= 11 is 14.5. The van der Waals surface area contributed by atoms with E-state index in [-0.39, 0.29) is 11.9 Å². The number of pyridine rings is 1. The molecule has 176 valence electrons. The summed E-state index contributed by atoms with van der Waals surface area (Å²) in [4.78, 5) is 30.7. The number of nitrogens with zero attached hydrogens (tertiary/aromatic N) is 3. The van der Waals surface area contributed by atoms with Crippen LogP contribution in [0.1, 0.15) is 44.9 Å². The number of carbonyl (C=O) groups excluding carboxylic acids is 2. The summed E-state index contributed by atoms with van der Waals surface area (Å²) in [6.45, 7) is 1.81. The van der Waals surface area contributed by atoms with Crippen molar-refractivity contribution in [2.24, 2.45) is 5.92 Å². The molecule has 1 saturated carbocycles. The summed E-state index contributed by atoms with van der Waals surface area (Å²) in [6.07, 6.45) is 4.30. The van der Waals surface area contributed by atoms with Crippen LogP contribution in [0.15, 0.2) is 36.5 Å². The molecule has 5 rings (SSSR count). The third kappa shape index (κ3) is 4.94. The SMILES string of the molecule is Cc1cc(Cl)cc(C(=O)NC2CC2)c1NC(=O)c1cc(CC2CSC2)nn1-c1ncccc1Cl. The van der Waals surface area contributed by atoms with Crippen LogP contribution >= 0.6 is 35.0 Å². The Bertz CT molecular complexity index is 1270. The molecule has 34 heavy (non-hydrogen) atoms. The van der Waals surface area contributed by atoms with Gasteiger partial charge in [0.15, 0.2) is 5.82 Å². The Balaban J connectivity index is 1.50. The molecule has 2 aliphatic rings. The van der Waals surface area contributed by atoms with Gasteiger partial charge in [-0.15, -0.1) is 0 Å². The van der Waals surface area contributed by atoms with Gasteiger partial charge < -0.3 is 10.6 Å². The van der Waals surface area contributed by atoms with Gasteiger partial charge in [0.25, 0.3) is 11.8 Å². The molecule has 1 aromatic carbocycles. The Labute approximate surface area is 211 Å². The van der Waals surface area contributed by atoms with Crippen LogP contribution in [-0.2, 0) is 6.42 Å². The predicted octanol–water partition coefficient (Wildman–Crippen LogP) is 4.93. The second kappa shape index (κ2) is 9.60. The van der Waals surface area contributed by atoms with Crippen molar-refractivity contribution in [2.75, 3.05) is 16.8 Å². The van der Waals surface area contributed by atoms with Crippen LogP contribution in [-0.4, -0.2) is 44.1 Å². The lowest BCUT2D eigenvalue weighted by atomic mass is 10.1. The molecular weight excluding hydrogens is 493 g/mol. The minimum absolute atomic E-state index is 0.176. The first-order valence-corrected chi connectivity index (χ1v) is 13.0. The molecule has 2 amide bonds. The average Bonchev–Trinajstić information content (AvgIpc) is 3.48. The number of amides is 2. The maximum absolute atomic E-state index is 13.5. The monoisotopic (exact) mass is 515 g/mol. The molecule has 1 saturated heterocycles. The van der Waals surface area contributed by atoms with E-state index in [1.807, 2.05) is 18.7 Å². The molecule has 0 unspecified atom stereocenters. The van der Waals surface area contributed by atoms with Gasteiger partial charge in [0.2, 0.25) is 0 Å². The lowest BCUT2D eigenvalue weighted by Gasteiger charge is -2.23. The molecule has 3 aromatic rings. The highest BCUT2D eigenvalue weighted by atomic mass is 35.5. The number of hydrogen-bond acceptors (Lipinski definition) is 5. The minimum Gasteiger partial charge on any atom is -0.349 e. The van der Waals surface area contributed by atoms with Gasteiger partial charge in [-0.05, 0) is 79.5 Å². The van der Waals surface area contributed by atoms with Crippen molar-refractivity contribution in [2.45, 2.75) is 32.2 Å². The number of halogens is 2. The highest BCUT2D eigenvalue weighted by Gasteiger charge is 2.28. The lowest BCUT2D eigenvalue weighted by molar-refractivity contribution is 0.0952. The van der Waals surface area contributed by atoms with E-state index >= 15 is 0 Å². The van der Waals surface area contributed by atoms with Crippen LogP contribution < -0.4 is 10.6 Å². The first kappa shape index (κ1) is 23.2. The summed E-state index contributed by atoms with van der Waals surface area (Å²) < 4.78 is 1.48. The number of hydrogen-bond donors (Lipinski definition) is 2. The zero-order chi connectivity index (χ0) is 23.8. The molecule has 10 heteroatoms. The van der Waals surface area contributed by atoms with Gasteiger partial charge in [-0.3, -0.25) is 9.59 Å². The number of thioether (sulfide) groups is 1. The highest BCUT2D eigenvalue weighted by molar-refractivity contribution is 8.00. The number of aryl methyl sites for hydroxylation is 1. The fourth-order valence-corrected chi connectivity index (χ4v) is 5.12. The number of nitrogens with one attached hydrogen (secondary N) is 2. The Morgan fingerprint density at radius 1 is 1.18 bits per heavy atom. The zero-order valence-corrected chi connectivity index (χ0v) is 20.8. The van der Waals surface area contributed by atoms with Gasteiger partial charge in [-0.25, -0.2) is 9.67 Å². The molecule has 1 aliphatic heterocycles. The molecule has 7 nitrogen and oxygen atoms in total. The van der Waals surface area contributed by atoms with Gasteiger partial charge >= 0.3 is 0 Å². The fraction of sp³-hybridized carbons (Fsp3) is 0.333. The van der Waals surface area contributed by atoms with Crippen molar-refractivity contribution in [3.63, 3.8) is 0 Å². The van der Waals surface area contributed by atoms with Crippen molar-refractivity contribution in [3.05, 3.63) is 69.1 Å². The fourth-order valence-electron chi connectivity index (χ4n) is 3.84. The zero-order valence-electron chi connectivity index (χ0n) is 18.5. The summed E-state index contributed by atoms with van der Waals surface area (Å²) in [5, 5.41) is 11.4. The molecule has 2 N–H and O–H groups in total. The summed E-state index contributed by atoms with van der Waals surface area (Å²) in [5.41, 5.74) is 2.54. The second-order valence-electron chi connectivity index (χ2n) is 8.70. The molecule has 2 fully saturated rings. The van der Waals surface area contributed by atoms with E-state index in [2.05, 4.69) is 20.7 Å². The molecule has 0 spiro atoms. The first-order chi connectivity index (χ1) is 16.4. The van der Waals surface area contributed by atoms with Gasteiger partial charge in [0.05, 0.1) is 22.0 Å². The van der Waals surface area contributed by atoms with Crippen LogP contribution in [0.25, 0.3) is 5.82 Å². The quantitative estimate of drug-likeness (QED) is 0.465. The van der Waals surface area contributed by atoms with E-state index in [1.165, 1.54) is 4.68 Å². The highest BCUT2D eigenvalue weighted by Crippen LogP contribution is 2.30. The molecule has 0 atom stereocenters. The molecule has 0 bridgehead atoms. The third-order valence-electron chi connectivity index (χ3n) is 5.83. The molecule has 1 aliphatic carbocycles. The topological polar surface area (TPSA) is 88.9 Å². The predicted molar refractivity (Wildman–Crippen MR) is 136 cm³/mol. The average molecular weight is 516 g/mol. The van der Waals surface area contributed by atoms with Gasteiger partial charge in [0, 0.05) is 17.3 Å². The van der Waals surface area contributed by atoms with Crippen LogP contribution in [0.5, 0.6) is 0 Å². The van der Waals surface area contributed by atoms with Crippen LogP contribution in [0, 0.1) is 12.8 Å². The van der Waals surface area contributed by atoms with Crippen LogP contribution in [0.4, 0.5) is 5.69 Å². The van der Waals surface area contributed by atoms with Gasteiger partial charge in [-0.1, -0.05) is 23.2 Å². The maximum Gasteiger partial charge on any atom is 0.274 e. The third-order valence-corrected chi connectivity index (χ3v) is 7.76. The number of benzene rings is 1. The minimum atomic E-state index is -0.408. The van der Waals surface area contributed by atoms with E-state index in [0.29, 0.717) is 44.3 Å². The van der Waals surface area contributed by atoms with Crippen molar-refractivity contribution in [1.29, 1.82) is 0 Å². The molecule has 0 radical (unpaired) electrons. The first-order valence-electron chi connectivity index (χ1n) is 11.1. The largest absolute Gasteiger partial charge is 0.349 e. The molecule has 3 heterocycles. The van der Waals surface area contributed by atoms with Crippen molar-refractivity contribution < 1.29 is 9.59 Å². The van der Waals surface area contributed by atoms with E-state index in [1.54, 1.807) is 36.5 Å². The number of aromatic nitrogens is 3. The smallest absolute Gasteiger partial charge is 0.274 e. The summed E-state index contributed by atoms with van der Waals surface area (Å²) in [6, 6.07) is 8.68. The van der Waals surface area contributed by atoms with Crippen LogP contribution in [0.2, 0.25) is 10.0 Å². The van der Waals surface area contributed by atoms with E-state index in [0.717, 1.165) is 36.5 Å². The molecule has 2 aromatic heterocycles. The summed E-state index contributed by atoms with van der Waals surface area (Å²) in [7, 11) is 0. The normalized spacial score (nSPS) is 15.6. The van der Waals surface area contributed by atoms with E-state index in [4.69, 9.17) is 23.2 Å². The van der Waals surface area contributed by atoms with Crippen molar-refractivity contribution in [3.8, 4) is 5.82 Å². The number of anilines is 1. The Kier molecular flexibility index (Phi) is 6.55. The maximum atomic E-state index is 13.5. The van der Waals surface area contributed by atoms with Gasteiger partial charge in [-0.2, -0.15) is 16.9 Å². The van der Waals surface area contributed by atoms with E-state index < -0.39 is 5.91 Å². The lowest BCUT2D eigenvalue weighted by Crippen LogP contribution is -2.27.